The number of likely N-dealkylation sites (N-methyl/N-ethyl adjacent to an activating group) is 1. The van der Waals surface area contributed by atoms with E-state index in [0.29, 0.717) is 0 Å². The molecule has 2 heterocycles. The van der Waals surface area contributed by atoms with Gasteiger partial charge in [0.25, 0.3) is 0 Å². The summed E-state index contributed by atoms with van der Waals surface area (Å²) in [5.74, 6) is 2.00. The molecule has 0 radical (unpaired) electrons. The van der Waals surface area contributed by atoms with Gasteiger partial charge in [-0.05, 0) is 26.1 Å². The van der Waals surface area contributed by atoms with Gasteiger partial charge < -0.3 is 9.80 Å². The predicted octanol–water partition coefficient (Wildman–Crippen LogP) is 1.92. The Kier molecular flexibility index (Phi) is 3.85. The summed E-state index contributed by atoms with van der Waals surface area (Å²) in [6.45, 7) is 10.9. The van der Waals surface area contributed by atoms with E-state index in [1.54, 1.807) is 0 Å². The van der Waals surface area contributed by atoms with Crippen LogP contribution in [0.1, 0.15) is 33.0 Å². The third kappa shape index (κ3) is 3.19. The largest absolute Gasteiger partial charge is 0.355 e. The van der Waals surface area contributed by atoms with E-state index in [9.17, 15) is 0 Å². The molecule has 100 valence electrons. The molecule has 4 heteroatoms. The van der Waals surface area contributed by atoms with Crippen molar-refractivity contribution in [2.45, 2.75) is 32.6 Å². The maximum absolute atomic E-state index is 4.73. The van der Waals surface area contributed by atoms with Crippen molar-refractivity contribution in [2.24, 2.45) is 0 Å². The van der Waals surface area contributed by atoms with E-state index in [4.69, 9.17) is 4.98 Å². The Balaban J connectivity index is 2.17. The zero-order chi connectivity index (χ0) is 13.2. The molecular weight excluding hydrogens is 224 g/mol. The summed E-state index contributed by atoms with van der Waals surface area (Å²) in [6, 6.07) is 2.03. The second kappa shape index (κ2) is 5.22. The minimum absolute atomic E-state index is 0.0126. The van der Waals surface area contributed by atoms with Crippen molar-refractivity contribution < 1.29 is 0 Å². The second-order valence-electron chi connectivity index (χ2n) is 6.13. The van der Waals surface area contributed by atoms with Gasteiger partial charge in [0.1, 0.15) is 11.6 Å². The Morgan fingerprint density at radius 2 is 1.89 bits per heavy atom. The van der Waals surface area contributed by atoms with Crippen molar-refractivity contribution in [3.05, 3.63) is 18.1 Å². The van der Waals surface area contributed by atoms with E-state index < -0.39 is 0 Å². The van der Waals surface area contributed by atoms with Crippen molar-refractivity contribution in [3.63, 3.8) is 0 Å². The molecule has 2 rings (SSSR count). The molecule has 4 nitrogen and oxygen atoms in total. The van der Waals surface area contributed by atoms with Gasteiger partial charge in [-0.3, -0.25) is 0 Å². The third-order valence-electron chi connectivity index (χ3n) is 3.36. The van der Waals surface area contributed by atoms with Gasteiger partial charge in [0, 0.05) is 31.2 Å². The molecule has 1 aliphatic heterocycles. The highest BCUT2D eigenvalue weighted by atomic mass is 15.2. The van der Waals surface area contributed by atoms with Crippen molar-refractivity contribution in [2.75, 3.05) is 38.1 Å². The number of hydrogen-bond acceptors (Lipinski definition) is 4. The van der Waals surface area contributed by atoms with Crippen molar-refractivity contribution >= 4 is 5.82 Å². The molecule has 1 aromatic rings. The van der Waals surface area contributed by atoms with Crippen LogP contribution < -0.4 is 4.90 Å². The van der Waals surface area contributed by atoms with Crippen LogP contribution in [0.4, 0.5) is 5.82 Å². The number of hydrogen-bond donors (Lipinski definition) is 0. The summed E-state index contributed by atoms with van der Waals surface area (Å²) >= 11 is 0. The fourth-order valence-corrected chi connectivity index (χ4v) is 2.16. The molecule has 0 bridgehead atoms. The molecule has 18 heavy (non-hydrogen) atoms. The van der Waals surface area contributed by atoms with Crippen LogP contribution in [0.2, 0.25) is 0 Å². The fourth-order valence-electron chi connectivity index (χ4n) is 2.16. The van der Waals surface area contributed by atoms with Gasteiger partial charge >= 0.3 is 0 Å². The van der Waals surface area contributed by atoms with Gasteiger partial charge in [0.15, 0.2) is 0 Å². The van der Waals surface area contributed by atoms with Crippen LogP contribution in [-0.4, -0.2) is 48.1 Å². The van der Waals surface area contributed by atoms with Gasteiger partial charge in [0.2, 0.25) is 0 Å². The molecule has 1 aromatic heterocycles. The van der Waals surface area contributed by atoms with E-state index in [0.717, 1.165) is 31.3 Å². The summed E-state index contributed by atoms with van der Waals surface area (Å²) in [5, 5.41) is 0. The molecule has 0 aliphatic carbocycles. The van der Waals surface area contributed by atoms with Crippen LogP contribution in [-0.2, 0) is 5.41 Å². The maximum Gasteiger partial charge on any atom is 0.135 e. The standard InChI is InChI=1S/C14H24N4/c1-14(2,3)13-15-7-6-12(16-13)18-9-5-8-17(4)10-11-18/h6-7H,5,8-11H2,1-4H3. The normalized spacial score (nSPS) is 18.8. The summed E-state index contributed by atoms with van der Waals surface area (Å²) in [7, 11) is 2.18. The molecule has 0 saturated carbocycles. The zero-order valence-corrected chi connectivity index (χ0v) is 12.0. The lowest BCUT2D eigenvalue weighted by atomic mass is 9.96. The fraction of sp³-hybridized carbons (Fsp3) is 0.714. The average molecular weight is 248 g/mol. The highest BCUT2D eigenvalue weighted by molar-refractivity contribution is 5.38. The summed E-state index contributed by atoms with van der Waals surface area (Å²) < 4.78 is 0. The monoisotopic (exact) mass is 248 g/mol. The first-order valence-electron chi connectivity index (χ1n) is 6.74. The van der Waals surface area contributed by atoms with Gasteiger partial charge in [0.05, 0.1) is 0 Å². The lowest BCUT2D eigenvalue weighted by Gasteiger charge is -2.24. The molecule has 1 saturated heterocycles. The number of rotatable bonds is 1. The van der Waals surface area contributed by atoms with E-state index >= 15 is 0 Å². The molecule has 0 amide bonds. The molecule has 0 N–H and O–H groups in total. The van der Waals surface area contributed by atoms with Crippen molar-refractivity contribution in [1.29, 1.82) is 0 Å². The topological polar surface area (TPSA) is 32.3 Å². The molecular formula is C14H24N4. The Morgan fingerprint density at radius 1 is 1.11 bits per heavy atom. The lowest BCUT2D eigenvalue weighted by Crippen LogP contribution is -2.30. The minimum Gasteiger partial charge on any atom is -0.355 e. The molecule has 0 atom stereocenters. The molecule has 0 aromatic carbocycles. The van der Waals surface area contributed by atoms with E-state index in [2.05, 4.69) is 42.6 Å². The first-order chi connectivity index (χ1) is 8.47. The molecule has 1 aliphatic rings. The minimum atomic E-state index is 0.0126. The highest BCUT2D eigenvalue weighted by Gasteiger charge is 2.19. The third-order valence-corrected chi connectivity index (χ3v) is 3.36. The SMILES string of the molecule is CN1CCCN(c2ccnc(C(C)(C)C)n2)CC1. The molecule has 0 spiro atoms. The second-order valence-corrected chi connectivity index (χ2v) is 6.13. The van der Waals surface area contributed by atoms with Crippen LogP contribution in [0.3, 0.4) is 0 Å². The Hall–Kier alpha value is -1.16. The van der Waals surface area contributed by atoms with Gasteiger partial charge in [-0.1, -0.05) is 20.8 Å². The Labute approximate surface area is 110 Å². The first-order valence-corrected chi connectivity index (χ1v) is 6.74. The van der Waals surface area contributed by atoms with Crippen molar-refractivity contribution in [1.82, 2.24) is 14.9 Å². The Morgan fingerprint density at radius 3 is 2.61 bits per heavy atom. The Bertz CT molecular complexity index is 397. The van der Waals surface area contributed by atoms with Gasteiger partial charge in [-0.2, -0.15) is 0 Å². The van der Waals surface area contributed by atoms with E-state index in [-0.39, 0.29) is 5.41 Å². The van der Waals surface area contributed by atoms with E-state index in [1.807, 2.05) is 12.3 Å². The summed E-state index contributed by atoms with van der Waals surface area (Å²) in [6.07, 6.45) is 3.09. The maximum atomic E-state index is 4.73. The van der Waals surface area contributed by atoms with E-state index in [1.165, 1.54) is 13.0 Å². The lowest BCUT2D eigenvalue weighted by molar-refractivity contribution is 0.360. The van der Waals surface area contributed by atoms with Crippen molar-refractivity contribution in [3.8, 4) is 0 Å². The van der Waals surface area contributed by atoms with Crippen LogP contribution >= 0.6 is 0 Å². The predicted molar refractivity (Wildman–Crippen MR) is 75.1 cm³/mol. The quantitative estimate of drug-likeness (QED) is 0.760. The van der Waals surface area contributed by atoms with Crippen LogP contribution in [0.25, 0.3) is 0 Å². The van der Waals surface area contributed by atoms with Gasteiger partial charge in [-0.25, -0.2) is 9.97 Å². The number of anilines is 1. The van der Waals surface area contributed by atoms with Gasteiger partial charge in [-0.15, -0.1) is 0 Å². The average Bonchev–Trinajstić information content (AvgIpc) is 2.53. The highest BCUT2D eigenvalue weighted by Crippen LogP contribution is 2.21. The molecule has 1 fully saturated rings. The summed E-state index contributed by atoms with van der Waals surface area (Å²) in [5.41, 5.74) is 0.0126. The first kappa shape index (κ1) is 13.3. The van der Waals surface area contributed by atoms with Crippen LogP contribution in [0, 0.1) is 0 Å². The number of aromatic nitrogens is 2. The smallest absolute Gasteiger partial charge is 0.135 e. The zero-order valence-electron chi connectivity index (χ0n) is 12.0. The van der Waals surface area contributed by atoms with Crippen LogP contribution in [0.5, 0.6) is 0 Å². The molecule has 0 unspecified atom stereocenters. The van der Waals surface area contributed by atoms with Crippen LogP contribution in [0.15, 0.2) is 12.3 Å². The summed E-state index contributed by atoms with van der Waals surface area (Å²) in [4.78, 5) is 13.9. The number of nitrogens with zero attached hydrogens (tertiary/aromatic N) is 4.